The molecule has 19 heavy (non-hydrogen) atoms. The summed E-state index contributed by atoms with van der Waals surface area (Å²) in [6.45, 7) is 0.904. The molecule has 7 nitrogen and oxygen atoms in total. The van der Waals surface area contributed by atoms with Crippen molar-refractivity contribution in [1.29, 1.82) is 0 Å². The number of hydrogen-bond acceptors (Lipinski definition) is 6. The number of imidazole rings is 1. The Balaban J connectivity index is 1.76. The first-order chi connectivity index (χ1) is 9.35. The first-order valence-electron chi connectivity index (χ1n) is 6.51. The van der Waals surface area contributed by atoms with Gasteiger partial charge in [-0.1, -0.05) is 12.8 Å². The van der Waals surface area contributed by atoms with Crippen molar-refractivity contribution in [2.75, 3.05) is 24.2 Å². The highest BCUT2D eigenvalue weighted by Gasteiger charge is 2.20. The SMILES string of the molecule is CNc1nc(NCCC2CC2)nc(-n2ccnc2)n1. The second kappa shape index (κ2) is 5.21. The fourth-order valence-corrected chi connectivity index (χ4v) is 1.84. The molecular formula is C12H17N7. The van der Waals surface area contributed by atoms with Crippen LogP contribution in [0, 0.1) is 5.92 Å². The van der Waals surface area contributed by atoms with Gasteiger partial charge in [-0.15, -0.1) is 0 Å². The number of rotatable bonds is 6. The van der Waals surface area contributed by atoms with Gasteiger partial charge in [0.15, 0.2) is 0 Å². The molecule has 0 spiro atoms. The van der Waals surface area contributed by atoms with Gasteiger partial charge in [0.1, 0.15) is 6.33 Å². The molecule has 0 atom stereocenters. The minimum absolute atomic E-state index is 0.549. The van der Waals surface area contributed by atoms with Gasteiger partial charge in [0, 0.05) is 26.0 Å². The summed E-state index contributed by atoms with van der Waals surface area (Å²) in [5.74, 6) is 2.60. The minimum Gasteiger partial charge on any atom is -0.357 e. The summed E-state index contributed by atoms with van der Waals surface area (Å²) in [6.07, 6.45) is 9.08. The first kappa shape index (κ1) is 11.9. The molecule has 1 aliphatic rings. The molecule has 0 aliphatic heterocycles. The molecular weight excluding hydrogens is 242 g/mol. The maximum Gasteiger partial charge on any atom is 0.241 e. The van der Waals surface area contributed by atoms with Crippen LogP contribution in [-0.4, -0.2) is 38.1 Å². The van der Waals surface area contributed by atoms with Crippen LogP contribution in [0.2, 0.25) is 0 Å². The van der Waals surface area contributed by atoms with E-state index in [0.29, 0.717) is 17.8 Å². The van der Waals surface area contributed by atoms with Crippen LogP contribution < -0.4 is 10.6 Å². The summed E-state index contributed by atoms with van der Waals surface area (Å²) in [4.78, 5) is 17.0. The molecule has 0 radical (unpaired) electrons. The maximum atomic E-state index is 4.39. The van der Waals surface area contributed by atoms with Gasteiger partial charge in [-0.3, -0.25) is 4.57 Å². The molecule has 0 unspecified atom stereocenters. The molecule has 2 N–H and O–H groups in total. The van der Waals surface area contributed by atoms with Crippen LogP contribution in [0.3, 0.4) is 0 Å². The summed E-state index contributed by atoms with van der Waals surface area (Å²) in [6, 6.07) is 0. The van der Waals surface area contributed by atoms with Gasteiger partial charge >= 0.3 is 0 Å². The number of anilines is 2. The smallest absolute Gasteiger partial charge is 0.241 e. The van der Waals surface area contributed by atoms with E-state index in [2.05, 4.69) is 30.6 Å². The molecule has 0 aromatic carbocycles. The fraction of sp³-hybridized carbons (Fsp3) is 0.500. The van der Waals surface area contributed by atoms with Crippen molar-refractivity contribution in [2.24, 2.45) is 5.92 Å². The van der Waals surface area contributed by atoms with E-state index in [1.165, 1.54) is 19.3 Å². The van der Waals surface area contributed by atoms with E-state index in [0.717, 1.165) is 12.5 Å². The Morgan fingerprint density at radius 3 is 2.79 bits per heavy atom. The summed E-state index contributed by atoms with van der Waals surface area (Å²) in [7, 11) is 1.79. The van der Waals surface area contributed by atoms with Crippen molar-refractivity contribution in [2.45, 2.75) is 19.3 Å². The Hall–Kier alpha value is -2.18. The quantitative estimate of drug-likeness (QED) is 0.814. The van der Waals surface area contributed by atoms with Gasteiger partial charge in [-0.05, 0) is 12.3 Å². The predicted molar refractivity (Wildman–Crippen MR) is 72.3 cm³/mol. The Labute approximate surface area is 111 Å². The Kier molecular flexibility index (Phi) is 3.26. The van der Waals surface area contributed by atoms with Crippen LogP contribution in [-0.2, 0) is 0 Å². The molecule has 0 bridgehead atoms. The van der Waals surface area contributed by atoms with Crippen LogP contribution in [0.25, 0.3) is 5.95 Å². The maximum absolute atomic E-state index is 4.39. The highest BCUT2D eigenvalue weighted by atomic mass is 15.3. The predicted octanol–water partition coefficient (Wildman–Crippen LogP) is 1.31. The topological polar surface area (TPSA) is 80.5 Å². The highest BCUT2D eigenvalue weighted by molar-refractivity contribution is 5.37. The molecule has 1 aliphatic carbocycles. The minimum atomic E-state index is 0.549. The van der Waals surface area contributed by atoms with E-state index in [-0.39, 0.29) is 0 Å². The van der Waals surface area contributed by atoms with Crippen LogP contribution in [0.15, 0.2) is 18.7 Å². The Morgan fingerprint density at radius 1 is 1.26 bits per heavy atom. The van der Waals surface area contributed by atoms with Gasteiger partial charge in [-0.2, -0.15) is 15.0 Å². The Bertz CT molecular complexity index is 533. The van der Waals surface area contributed by atoms with E-state index < -0.39 is 0 Å². The number of hydrogen-bond donors (Lipinski definition) is 2. The third kappa shape index (κ3) is 2.98. The third-order valence-corrected chi connectivity index (χ3v) is 3.12. The third-order valence-electron chi connectivity index (χ3n) is 3.12. The van der Waals surface area contributed by atoms with Crippen molar-refractivity contribution in [3.05, 3.63) is 18.7 Å². The number of aromatic nitrogens is 5. The van der Waals surface area contributed by atoms with Gasteiger partial charge in [0.25, 0.3) is 0 Å². The van der Waals surface area contributed by atoms with Crippen LogP contribution in [0.4, 0.5) is 11.9 Å². The van der Waals surface area contributed by atoms with E-state index in [1.807, 2.05) is 6.20 Å². The van der Waals surface area contributed by atoms with Crippen molar-refractivity contribution >= 4 is 11.9 Å². The molecule has 2 aromatic heterocycles. The molecule has 7 heteroatoms. The number of nitrogens with zero attached hydrogens (tertiary/aromatic N) is 5. The molecule has 0 amide bonds. The molecule has 1 saturated carbocycles. The molecule has 3 rings (SSSR count). The zero-order valence-corrected chi connectivity index (χ0v) is 10.9. The van der Waals surface area contributed by atoms with Crippen LogP contribution in [0.5, 0.6) is 0 Å². The van der Waals surface area contributed by atoms with Gasteiger partial charge in [0.2, 0.25) is 17.8 Å². The highest BCUT2D eigenvalue weighted by Crippen LogP contribution is 2.31. The normalized spacial score (nSPS) is 14.4. The summed E-state index contributed by atoms with van der Waals surface area (Å²) < 4.78 is 1.76. The zero-order chi connectivity index (χ0) is 13.1. The average molecular weight is 259 g/mol. The van der Waals surface area contributed by atoms with Gasteiger partial charge < -0.3 is 10.6 Å². The zero-order valence-electron chi connectivity index (χ0n) is 10.9. The van der Waals surface area contributed by atoms with Crippen molar-refractivity contribution in [3.8, 4) is 5.95 Å². The Morgan fingerprint density at radius 2 is 2.11 bits per heavy atom. The first-order valence-corrected chi connectivity index (χ1v) is 6.51. The molecule has 0 saturated heterocycles. The lowest BCUT2D eigenvalue weighted by Gasteiger charge is -2.08. The monoisotopic (exact) mass is 259 g/mol. The second-order valence-electron chi connectivity index (χ2n) is 4.66. The lowest BCUT2D eigenvalue weighted by molar-refractivity contribution is 0.753. The molecule has 1 fully saturated rings. The standard InChI is InChI=1S/C12H17N7/c1-13-10-16-11(15-5-4-9-2-3-9)18-12(17-10)19-7-6-14-8-19/h6-9H,2-5H2,1H3,(H2,13,15,16,17,18). The summed E-state index contributed by atoms with van der Waals surface area (Å²) in [5.41, 5.74) is 0. The van der Waals surface area contributed by atoms with Crippen molar-refractivity contribution < 1.29 is 0 Å². The van der Waals surface area contributed by atoms with E-state index in [4.69, 9.17) is 0 Å². The van der Waals surface area contributed by atoms with Crippen molar-refractivity contribution in [3.63, 3.8) is 0 Å². The molecule has 100 valence electrons. The van der Waals surface area contributed by atoms with Crippen LogP contribution >= 0.6 is 0 Å². The summed E-state index contributed by atoms with van der Waals surface area (Å²) >= 11 is 0. The van der Waals surface area contributed by atoms with Crippen molar-refractivity contribution in [1.82, 2.24) is 24.5 Å². The fourth-order valence-electron chi connectivity index (χ4n) is 1.84. The van der Waals surface area contributed by atoms with E-state index in [1.54, 1.807) is 24.1 Å². The number of nitrogens with one attached hydrogen (secondary N) is 2. The largest absolute Gasteiger partial charge is 0.357 e. The average Bonchev–Trinajstić information content (AvgIpc) is 3.09. The van der Waals surface area contributed by atoms with E-state index >= 15 is 0 Å². The molecule has 2 aromatic rings. The lowest BCUT2D eigenvalue weighted by Crippen LogP contribution is -2.11. The van der Waals surface area contributed by atoms with E-state index in [9.17, 15) is 0 Å². The van der Waals surface area contributed by atoms with Gasteiger partial charge in [-0.25, -0.2) is 4.98 Å². The van der Waals surface area contributed by atoms with Crippen LogP contribution in [0.1, 0.15) is 19.3 Å². The second-order valence-corrected chi connectivity index (χ2v) is 4.66. The summed E-state index contributed by atoms with van der Waals surface area (Å²) in [5, 5.41) is 6.20. The molecule has 2 heterocycles. The van der Waals surface area contributed by atoms with Gasteiger partial charge in [0.05, 0.1) is 0 Å². The lowest BCUT2D eigenvalue weighted by atomic mass is 10.3.